The normalized spacial score (nSPS) is 10.8. The Hall–Kier alpha value is -4.04. The Morgan fingerprint density at radius 1 is 0.857 bits per heavy atom. The van der Waals surface area contributed by atoms with E-state index in [0.717, 1.165) is 29.2 Å². The van der Waals surface area contributed by atoms with E-state index in [0.29, 0.717) is 36.1 Å². The maximum Gasteiger partial charge on any atom is 0.311 e. The number of hydrogen-bond acceptors (Lipinski definition) is 2. The van der Waals surface area contributed by atoms with Gasteiger partial charge in [0.05, 0.1) is 6.57 Å². The number of carbonyl (C=O) groups is 1. The maximum atomic E-state index is 14.6. The van der Waals surface area contributed by atoms with Gasteiger partial charge >= 0.3 is 5.97 Å². The summed E-state index contributed by atoms with van der Waals surface area (Å²) in [5, 5.41) is 2.14. The smallest absolute Gasteiger partial charge is 0.311 e. The summed E-state index contributed by atoms with van der Waals surface area (Å²) in [6, 6.07) is 20.8. The fourth-order valence-corrected chi connectivity index (χ4v) is 4.08. The maximum absolute atomic E-state index is 14.6. The molecule has 0 aliphatic carbocycles. The van der Waals surface area contributed by atoms with Crippen molar-refractivity contribution in [2.75, 3.05) is 0 Å². The molecule has 3 nitrogen and oxygen atoms in total. The van der Waals surface area contributed by atoms with Crippen LogP contribution in [0.5, 0.6) is 5.75 Å². The third-order valence-corrected chi connectivity index (χ3v) is 5.96. The van der Waals surface area contributed by atoms with E-state index < -0.39 is 11.6 Å². The van der Waals surface area contributed by atoms with Gasteiger partial charge in [-0.25, -0.2) is 13.6 Å². The summed E-state index contributed by atoms with van der Waals surface area (Å²) in [6.07, 6.45) is 3.33. The molecule has 0 fully saturated rings. The highest BCUT2D eigenvalue weighted by atomic mass is 19.1. The standard InChI is InChI=1S/C30H25F2NO2/c1-20-8-10-23-18-25(13-11-22(23)16-20)35-30(34)7-5-3-4-6-21-9-14-26(27(31)17-21)24-12-15-29(33-2)28(32)19-24/h8-19H,3-7H2,1H3. The summed E-state index contributed by atoms with van der Waals surface area (Å²) in [4.78, 5) is 15.3. The number of aryl methyl sites for hydroxylation is 2. The van der Waals surface area contributed by atoms with Crippen LogP contribution in [0.4, 0.5) is 14.5 Å². The van der Waals surface area contributed by atoms with Gasteiger partial charge in [-0.1, -0.05) is 60.5 Å². The van der Waals surface area contributed by atoms with Gasteiger partial charge in [-0.05, 0) is 72.4 Å². The van der Waals surface area contributed by atoms with Crippen LogP contribution in [0.1, 0.15) is 36.8 Å². The first-order valence-corrected chi connectivity index (χ1v) is 11.6. The van der Waals surface area contributed by atoms with E-state index in [2.05, 4.69) is 10.9 Å². The number of esters is 1. The molecule has 0 N–H and O–H groups in total. The lowest BCUT2D eigenvalue weighted by Crippen LogP contribution is -2.07. The molecule has 4 aromatic rings. The highest BCUT2D eigenvalue weighted by molar-refractivity contribution is 5.85. The van der Waals surface area contributed by atoms with Crippen molar-refractivity contribution in [3.05, 3.63) is 107 Å². The van der Waals surface area contributed by atoms with Gasteiger partial charge < -0.3 is 4.74 Å². The van der Waals surface area contributed by atoms with Crippen molar-refractivity contribution in [2.24, 2.45) is 0 Å². The lowest BCUT2D eigenvalue weighted by Gasteiger charge is -2.08. The molecule has 0 spiro atoms. The van der Waals surface area contributed by atoms with E-state index in [9.17, 15) is 13.6 Å². The first kappa shape index (κ1) is 24.1. The van der Waals surface area contributed by atoms with Crippen LogP contribution in [0.25, 0.3) is 26.7 Å². The highest BCUT2D eigenvalue weighted by Gasteiger charge is 2.10. The molecule has 4 aromatic carbocycles. The van der Waals surface area contributed by atoms with Crippen LogP contribution in [0.15, 0.2) is 72.8 Å². The minimum Gasteiger partial charge on any atom is -0.427 e. The zero-order valence-corrected chi connectivity index (χ0v) is 19.5. The molecular formula is C30H25F2NO2. The van der Waals surface area contributed by atoms with Crippen LogP contribution < -0.4 is 4.74 Å². The second-order valence-corrected chi connectivity index (χ2v) is 8.64. The highest BCUT2D eigenvalue weighted by Crippen LogP contribution is 2.29. The Labute approximate surface area is 203 Å². The van der Waals surface area contributed by atoms with E-state index >= 15 is 0 Å². The molecule has 0 saturated heterocycles. The van der Waals surface area contributed by atoms with E-state index in [1.807, 2.05) is 43.3 Å². The Morgan fingerprint density at radius 2 is 1.66 bits per heavy atom. The first-order valence-electron chi connectivity index (χ1n) is 11.6. The fraction of sp³-hybridized carbons (Fsp3) is 0.200. The first-order chi connectivity index (χ1) is 16.9. The van der Waals surface area contributed by atoms with Crippen LogP contribution in [0.3, 0.4) is 0 Å². The number of carbonyl (C=O) groups excluding carboxylic acids is 1. The van der Waals surface area contributed by atoms with E-state index in [1.54, 1.807) is 12.1 Å². The number of unbranched alkanes of at least 4 members (excludes halogenated alkanes) is 2. The monoisotopic (exact) mass is 469 g/mol. The molecule has 176 valence electrons. The van der Waals surface area contributed by atoms with Crippen LogP contribution in [0, 0.1) is 25.1 Å². The van der Waals surface area contributed by atoms with Crippen molar-refractivity contribution in [3.8, 4) is 16.9 Å². The molecule has 0 amide bonds. The lowest BCUT2D eigenvalue weighted by molar-refractivity contribution is -0.134. The number of ether oxygens (including phenoxy) is 1. The van der Waals surface area contributed by atoms with Crippen LogP contribution in [-0.4, -0.2) is 5.97 Å². The topological polar surface area (TPSA) is 30.7 Å². The molecule has 5 heteroatoms. The predicted molar refractivity (Wildman–Crippen MR) is 135 cm³/mol. The Morgan fingerprint density at radius 3 is 2.43 bits per heavy atom. The number of halogens is 2. The summed E-state index contributed by atoms with van der Waals surface area (Å²) in [7, 11) is 0. The average molecular weight is 470 g/mol. The van der Waals surface area contributed by atoms with Crippen molar-refractivity contribution in [1.82, 2.24) is 0 Å². The lowest BCUT2D eigenvalue weighted by atomic mass is 10.00. The van der Waals surface area contributed by atoms with Gasteiger partial charge in [-0.2, -0.15) is 0 Å². The van der Waals surface area contributed by atoms with Gasteiger partial charge in [0.15, 0.2) is 0 Å². The van der Waals surface area contributed by atoms with Crippen molar-refractivity contribution in [1.29, 1.82) is 0 Å². The van der Waals surface area contributed by atoms with Crippen molar-refractivity contribution >= 4 is 22.4 Å². The average Bonchev–Trinajstić information content (AvgIpc) is 2.84. The largest absolute Gasteiger partial charge is 0.427 e. The molecular weight excluding hydrogens is 444 g/mol. The number of benzene rings is 4. The summed E-state index contributed by atoms with van der Waals surface area (Å²) in [6.45, 7) is 8.96. The Bertz CT molecular complexity index is 1420. The molecule has 0 heterocycles. The van der Waals surface area contributed by atoms with Gasteiger partial charge in [-0.3, -0.25) is 4.79 Å². The quantitative estimate of drug-likeness (QED) is 0.112. The summed E-state index contributed by atoms with van der Waals surface area (Å²) >= 11 is 0. The van der Waals surface area contributed by atoms with Crippen molar-refractivity contribution < 1.29 is 18.3 Å². The van der Waals surface area contributed by atoms with Crippen LogP contribution in [-0.2, 0) is 11.2 Å². The predicted octanol–water partition coefficient (Wildman–Crippen LogP) is 8.35. The Kier molecular flexibility index (Phi) is 7.52. The van der Waals surface area contributed by atoms with Gasteiger partial charge in [0.1, 0.15) is 17.4 Å². The fourth-order valence-electron chi connectivity index (χ4n) is 4.08. The van der Waals surface area contributed by atoms with Crippen LogP contribution >= 0.6 is 0 Å². The minimum absolute atomic E-state index is 0.0815. The molecule has 0 aliphatic heterocycles. The molecule has 0 atom stereocenters. The number of rotatable bonds is 8. The van der Waals surface area contributed by atoms with Crippen LogP contribution in [0.2, 0.25) is 0 Å². The molecule has 0 radical (unpaired) electrons. The molecule has 4 rings (SSSR count). The zero-order valence-electron chi connectivity index (χ0n) is 19.5. The second kappa shape index (κ2) is 10.9. The minimum atomic E-state index is -0.657. The molecule has 0 aliphatic rings. The summed E-state index contributed by atoms with van der Waals surface area (Å²) in [5.74, 6) is -0.796. The van der Waals surface area contributed by atoms with E-state index in [4.69, 9.17) is 11.3 Å². The SMILES string of the molecule is [C-]#[N+]c1ccc(-c2ccc(CCCCCC(=O)Oc3ccc4cc(C)ccc4c3)cc2F)cc1F. The summed E-state index contributed by atoms with van der Waals surface area (Å²) in [5.41, 5.74) is 2.65. The van der Waals surface area contributed by atoms with Gasteiger partial charge in [0.25, 0.3) is 0 Å². The molecule has 35 heavy (non-hydrogen) atoms. The van der Waals surface area contributed by atoms with E-state index in [1.165, 1.54) is 23.8 Å². The number of hydrogen-bond donors (Lipinski definition) is 0. The second-order valence-electron chi connectivity index (χ2n) is 8.64. The summed E-state index contributed by atoms with van der Waals surface area (Å²) < 4.78 is 34.0. The van der Waals surface area contributed by atoms with Gasteiger partial charge in [0, 0.05) is 12.0 Å². The molecule has 0 aromatic heterocycles. The third-order valence-electron chi connectivity index (χ3n) is 5.96. The van der Waals surface area contributed by atoms with Crippen molar-refractivity contribution in [2.45, 2.75) is 39.0 Å². The van der Waals surface area contributed by atoms with Gasteiger partial charge in [-0.15, -0.1) is 0 Å². The Balaban J connectivity index is 1.23. The van der Waals surface area contributed by atoms with Crippen molar-refractivity contribution in [3.63, 3.8) is 0 Å². The number of nitrogens with zero attached hydrogens (tertiary/aromatic N) is 1. The zero-order chi connectivity index (χ0) is 24.8. The molecule has 0 saturated carbocycles. The number of fused-ring (bicyclic) bond motifs is 1. The third kappa shape index (κ3) is 6.10. The van der Waals surface area contributed by atoms with Gasteiger partial charge in [0.2, 0.25) is 5.69 Å². The molecule has 0 unspecified atom stereocenters. The van der Waals surface area contributed by atoms with E-state index in [-0.39, 0.29) is 11.7 Å². The molecule has 0 bridgehead atoms.